The Hall–Kier alpha value is -1.32. The summed E-state index contributed by atoms with van der Waals surface area (Å²) in [5.74, 6) is 1.29. The fraction of sp³-hybridized carbons (Fsp3) is 0.750. The highest BCUT2D eigenvalue weighted by Crippen LogP contribution is 2.55. The number of aromatic nitrogens is 2. The zero-order valence-corrected chi connectivity index (χ0v) is 12.2. The van der Waals surface area contributed by atoms with E-state index in [9.17, 15) is 4.79 Å². The minimum absolute atomic E-state index is 0.0274. The molecular weight excluding hydrogens is 250 g/mol. The predicted molar refractivity (Wildman–Crippen MR) is 76.2 cm³/mol. The zero-order chi connectivity index (χ0) is 13.7. The van der Waals surface area contributed by atoms with Crippen LogP contribution in [0, 0.1) is 18.3 Å². The molecule has 1 amide bonds. The van der Waals surface area contributed by atoms with Gasteiger partial charge in [-0.3, -0.25) is 9.48 Å². The second kappa shape index (κ2) is 4.34. The third-order valence-corrected chi connectivity index (χ3v) is 5.75. The van der Waals surface area contributed by atoms with Gasteiger partial charge in [0.1, 0.15) is 0 Å². The monoisotopic (exact) mass is 273 g/mol. The highest BCUT2D eigenvalue weighted by Gasteiger charge is 2.52. The van der Waals surface area contributed by atoms with E-state index in [0.717, 1.165) is 44.7 Å². The van der Waals surface area contributed by atoms with Crippen molar-refractivity contribution in [3.8, 4) is 0 Å². The maximum absolute atomic E-state index is 12.9. The van der Waals surface area contributed by atoms with Crippen LogP contribution in [0.1, 0.15) is 50.1 Å². The molecule has 1 aromatic heterocycles. The molecule has 3 fully saturated rings. The molecule has 0 N–H and O–H groups in total. The maximum atomic E-state index is 12.9. The lowest BCUT2D eigenvalue weighted by atomic mass is 9.83. The fourth-order valence-electron chi connectivity index (χ4n) is 4.60. The zero-order valence-electron chi connectivity index (χ0n) is 12.2. The van der Waals surface area contributed by atoms with Crippen molar-refractivity contribution in [1.29, 1.82) is 0 Å². The van der Waals surface area contributed by atoms with Gasteiger partial charge < -0.3 is 4.90 Å². The lowest BCUT2D eigenvalue weighted by molar-refractivity contribution is -0.140. The number of hydrogen-bond donors (Lipinski definition) is 0. The van der Waals surface area contributed by atoms with Crippen LogP contribution in [0.2, 0.25) is 0 Å². The highest BCUT2D eigenvalue weighted by molar-refractivity contribution is 5.83. The second-order valence-electron chi connectivity index (χ2n) is 7.12. The van der Waals surface area contributed by atoms with E-state index in [1.54, 1.807) is 0 Å². The summed E-state index contributed by atoms with van der Waals surface area (Å²) in [5, 5.41) is 4.41. The van der Waals surface area contributed by atoms with Gasteiger partial charge in [-0.25, -0.2) is 0 Å². The van der Waals surface area contributed by atoms with Gasteiger partial charge in [0.2, 0.25) is 5.91 Å². The first-order valence-corrected chi connectivity index (χ1v) is 7.96. The molecule has 0 spiro atoms. The van der Waals surface area contributed by atoms with Crippen molar-refractivity contribution in [2.24, 2.45) is 11.3 Å². The van der Waals surface area contributed by atoms with Gasteiger partial charge in [-0.15, -0.1) is 0 Å². The molecule has 1 aromatic rings. The van der Waals surface area contributed by atoms with E-state index in [2.05, 4.69) is 23.1 Å². The molecule has 0 aromatic carbocycles. The van der Waals surface area contributed by atoms with E-state index in [1.165, 1.54) is 18.4 Å². The fourth-order valence-corrected chi connectivity index (χ4v) is 4.60. The van der Waals surface area contributed by atoms with Crippen LogP contribution in [0.15, 0.2) is 12.4 Å². The molecule has 1 atom stereocenters. The molecule has 20 heavy (non-hydrogen) atoms. The van der Waals surface area contributed by atoms with E-state index < -0.39 is 0 Å². The van der Waals surface area contributed by atoms with Crippen LogP contribution >= 0.6 is 0 Å². The SMILES string of the molecule is Cc1cnn(C2CCN(C(=O)C34CCC(CC3)C4)C2)c1. The summed E-state index contributed by atoms with van der Waals surface area (Å²) in [6.45, 7) is 3.83. The molecule has 3 aliphatic rings. The third-order valence-electron chi connectivity index (χ3n) is 5.75. The van der Waals surface area contributed by atoms with E-state index >= 15 is 0 Å². The molecule has 2 saturated carbocycles. The van der Waals surface area contributed by atoms with Crippen molar-refractivity contribution in [1.82, 2.24) is 14.7 Å². The van der Waals surface area contributed by atoms with Crippen LogP contribution in [0.3, 0.4) is 0 Å². The molecule has 2 bridgehead atoms. The Labute approximate surface area is 120 Å². The Morgan fingerprint density at radius 1 is 1.35 bits per heavy atom. The van der Waals surface area contributed by atoms with Crippen LogP contribution in [0.4, 0.5) is 0 Å². The first-order valence-electron chi connectivity index (χ1n) is 7.96. The molecule has 4 heteroatoms. The van der Waals surface area contributed by atoms with Crippen LogP contribution in [0.5, 0.6) is 0 Å². The molecule has 2 aliphatic carbocycles. The smallest absolute Gasteiger partial charge is 0.228 e. The Kier molecular flexibility index (Phi) is 2.69. The van der Waals surface area contributed by atoms with E-state index in [-0.39, 0.29) is 5.41 Å². The van der Waals surface area contributed by atoms with Crippen LogP contribution in [-0.2, 0) is 4.79 Å². The molecule has 1 unspecified atom stereocenters. The Morgan fingerprint density at radius 2 is 2.15 bits per heavy atom. The number of carbonyl (C=O) groups excluding carboxylic acids is 1. The number of rotatable bonds is 2. The second-order valence-corrected chi connectivity index (χ2v) is 7.12. The van der Waals surface area contributed by atoms with Gasteiger partial charge >= 0.3 is 0 Å². The Bertz CT molecular complexity index is 528. The van der Waals surface area contributed by atoms with E-state index in [1.807, 2.05) is 10.9 Å². The van der Waals surface area contributed by atoms with Crippen molar-refractivity contribution in [3.63, 3.8) is 0 Å². The van der Waals surface area contributed by atoms with Crippen molar-refractivity contribution in [2.75, 3.05) is 13.1 Å². The topological polar surface area (TPSA) is 38.1 Å². The van der Waals surface area contributed by atoms with Gasteiger partial charge in [-0.1, -0.05) is 0 Å². The molecule has 0 radical (unpaired) electrons. The maximum Gasteiger partial charge on any atom is 0.228 e. The molecule has 1 saturated heterocycles. The summed E-state index contributed by atoms with van der Waals surface area (Å²) < 4.78 is 2.05. The highest BCUT2D eigenvalue weighted by atomic mass is 16.2. The number of amides is 1. The molecular formula is C16H23N3O. The molecule has 4 rings (SSSR count). The first-order chi connectivity index (χ1) is 9.66. The van der Waals surface area contributed by atoms with Crippen molar-refractivity contribution >= 4 is 5.91 Å². The van der Waals surface area contributed by atoms with Gasteiger partial charge in [0.25, 0.3) is 0 Å². The minimum atomic E-state index is 0.0274. The third kappa shape index (κ3) is 1.80. The lowest BCUT2D eigenvalue weighted by Crippen LogP contribution is -2.40. The summed E-state index contributed by atoms with van der Waals surface area (Å²) in [6.07, 6.45) is 11.0. The average molecular weight is 273 g/mol. The molecule has 4 nitrogen and oxygen atoms in total. The van der Waals surface area contributed by atoms with E-state index in [4.69, 9.17) is 0 Å². The summed E-state index contributed by atoms with van der Waals surface area (Å²) >= 11 is 0. The normalized spacial score (nSPS) is 36.0. The van der Waals surface area contributed by atoms with Gasteiger partial charge in [-0.2, -0.15) is 5.10 Å². The quantitative estimate of drug-likeness (QED) is 0.830. The number of nitrogens with zero attached hydrogens (tertiary/aromatic N) is 3. The average Bonchev–Trinajstić information content (AvgIpc) is 3.21. The molecule has 108 valence electrons. The van der Waals surface area contributed by atoms with Crippen molar-refractivity contribution in [2.45, 2.75) is 51.5 Å². The number of likely N-dealkylation sites (tertiary alicyclic amines) is 1. The van der Waals surface area contributed by atoms with Crippen LogP contribution in [-0.4, -0.2) is 33.7 Å². The van der Waals surface area contributed by atoms with Gasteiger partial charge in [0, 0.05) is 24.7 Å². The molecule has 2 heterocycles. The van der Waals surface area contributed by atoms with E-state index in [0.29, 0.717) is 11.9 Å². The minimum Gasteiger partial charge on any atom is -0.340 e. The number of hydrogen-bond acceptors (Lipinski definition) is 2. The van der Waals surface area contributed by atoms with Crippen LogP contribution in [0.25, 0.3) is 0 Å². The lowest BCUT2D eigenvalue weighted by Gasteiger charge is -2.30. The van der Waals surface area contributed by atoms with Crippen molar-refractivity contribution in [3.05, 3.63) is 18.0 Å². The molecule has 1 aliphatic heterocycles. The number of carbonyl (C=O) groups is 1. The Morgan fingerprint density at radius 3 is 2.75 bits per heavy atom. The van der Waals surface area contributed by atoms with Gasteiger partial charge in [0.15, 0.2) is 0 Å². The van der Waals surface area contributed by atoms with Crippen LogP contribution < -0.4 is 0 Å². The first kappa shape index (κ1) is 12.4. The van der Waals surface area contributed by atoms with Gasteiger partial charge in [0.05, 0.1) is 12.2 Å². The largest absolute Gasteiger partial charge is 0.340 e. The predicted octanol–water partition coefficient (Wildman–Crippen LogP) is 2.55. The summed E-state index contributed by atoms with van der Waals surface area (Å²) in [6, 6.07) is 0.377. The number of aryl methyl sites for hydroxylation is 1. The van der Waals surface area contributed by atoms with Crippen molar-refractivity contribution < 1.29 is 4.79 Å². The summed E-state index contributed by atoms with van der Waals surface area (Å²) in [4.78, 5) is 15.0. The summed E-state index contributed by atoms with van der Waals surface area (Å²) in [5.41, 5.74) is 1.22. The number of fused-ring (bicyclic) bond motifs is 2. The Balaban J connectivity index is 1.47. The van der Waals surface area contributed by atoms with Gasteiger partial charge in [-0.05, 0) is 56.9 Å². The summed E-state index contributed by atoms with van der Waals surface area (Å²) in [7, 11) is 0. The standard InChI is InChI=1S/C16H23N3O/c1-12-9-17-19(10-12)14-4-7-18(11-14)15(20)16-5-2-13(8-16)3-6-16/h9-10,13-14H,2-8,11H2,1H3.